The summed E-state index contributed by atoms with van der Waals surface area (Å²) in [4.78, 5) is 38.6. The number of amides is 1. The van der Waals surface area contributed by atoms with Crippen LogP contribution in [0.5, 0.6) is 0 Å². The second-order valence-corrected chi connectivity index (χ2v) is 7.32. The molecule has 4 rings (SSSR count). The molecule has 0 radical (unpaired) electrons. The summed E-state index contributed by atoms with van der Waals surface area (Å²) >= 11 is 0. The van der Waals surface area contributed by atoms with Gasteiger partial charge in [0, 0.05) is 19.2 Å². The number of rotatable bonds is 4. The Morgan fingerprint density at radius 1 is 1.22 bits per heavy atom. The van der Waals surface area contributed by atoms with Gasteiger partial charge in [0.05, 0.1) is 12.6 Å². The molecule has 1 aromatic carbocycles. The fourth-order valence-corrected chi connectivity index (χ4v) is 4.30. The number of fused-ring (bicyclic) bond motifs is 3. The molecule has 1 aromatic heterocycles. The summed E-state index contributed by atoms with van der Waals surface area (Å²) in [6.45, 7) is 2.87. The molecule has 2 aromatic rings. The van der Waals surface area contributed by atoms with Crippen LogP contribution in [0, 0.1) is 0 Å². The van der Waals surface area contributed by atoms with Gasteiger partial charge in [0.2, 0.25) is 0 Å². The van der Waals surface area contributed by atoms with Crippen molar-refractivity contribution >= 4 is 23.2 Å². The van der Waals surface area contributed by atoms with Gasteiger partial charge in [-0.2, -0.15) is 0 Å². The summed E-state index contributed by atoms with van der Waals surface area (Å²) in [6, 6.07) is 9.20. The van der Waals surface area contributed by atoms with Gasteiger partial charge in [0.15, 0.2) is 11.6 Å². The van der Waals surface area contributed by atoms with Gasteiger partial charge >= 0.3 is 0 Å². The van der Waals surface area contributed by atoms with E-state index in [0.717, 1.165) is 43.7 Å². The minimum atomic E-state index is -0.519. The monoisotopic (exact) mass is 364 g/mol. The molecule has 2 aliphatic rings. The van der Waals surface area contributed by atoms with Crippen LogP contribution in [0.2, 0.25) is 0 Å². The van der Waals surface area contributed by atoms with Crippen LogP contribution in [0.1, 0.15) is 48.8 Å². The molecule has 140 valence electrons. The molecule has 0 saturated carbocycles. The molecular weight excluding hydrogens is 340 g/mol. The fraction of sp³-hybridized carbons (Fsp3) is 0.429. The van der Waals surface area contributed by atoms with E-state index in [1.165, 1.54) is 0 Å². The molecular formula is C21H24N4O2. The molecule has 0 aliphatic carbocycles. The van der Waals surface area contributed by atoms with E-state index in [9.17, 15) is 9.59 Å². The lowest BCUT2D eigenvalue weighted by Crippen LogP contribution is -2.64. The normalized spacial score (nSPS) is 21.6. The van der Waals surface area contributed by atoms with Gasteiger partial charge in [-0.1, -0.05) is 37.3 Å². The van der Waals surface area contributed by atoms with E-state index >= 15 is 0 Å². The zero-order valence-electron chi connectivity index (χ0n) is 15.8. The topological polar surface area (TPSA) is 66.4 Å². The van der Waals surface area contributed by atoms with Crippen molar-refractivity contribution in [3.63, 3.8) is 0 Å². The second kappa shape index (κ2) is 6.76. The average molecular weight is 364 g/mol. The van der Waals surface area contributed by atoms with E-state index in [0.29, 0.717) is 11.4 Å². The maximum absolute atomic E-state index is 13.1. The van der Waals surface area contributed by atoms with Crippen LogP contribution in [-0.2, 0) is 11.2 Å². The Morgan fingerprint density at radius 3 is 2.74 bits per heavy atom. The van der Waals surface area contributed by atoms with E-state index in [1.54, 1.807) is 30.3 Å². The molecule has 6 nitrogen and oxygen atoms in total. The molecule has 2 aliphatic heterocycles. The van der Waals surface area contributed by atoms with Gasteiger partial charge in [-0.25, -0.2) is 9.97 Å². The maximum atomic E-state index is 13.1. The number of nitrogens with zero attached hydrogens (tertiary/aromatic N) is 4. The summed E-state index contributed by atoms with van der Waals surface area (Å²) in [5, 5.41) is 0. The van der Waals surface area contributed by atoms with Gasteiger partial charge < -0.3 is 9.80 Å². The van der Waals surface area contributed by atoms with E-state index < -0.39 is 5.54 Å². The quantitative estimate of drug-likeness (QED) is 0.780. The van der Waals surface area contributed by atoms with E-state index in [1.807, 2.05) is 18.2 Å². The molecule has 1 unspecified atom stereocenters. The van der Waals surface area contributed by atoms with Crippen LogP contribution < -0.4 is 9.80 Å². The molecule has 3 heterocycles. The number of piperidine rings is 1. The minimum Gasteiger partial charge on any atom is -0.340 e. The predicted octanol–water partition coefficient (Wildman–Crippen LogP) is 3.02. The SMILES string of the molecule is CCC12CCCCN1c1nc(CC(=O)c3ccccc3)ncc1N(C)C2=O. The number of hydrogen-bond acceptors (Lipinski definition) is 5. The Hall–Kier alpha value is -2.76. The first kappa shape index (κ1) is 17.6. The van der Waals surface area contributed by atoms with Crippen LogP contribution in [0.15, 0.2) is 36.5 Å². The molecule has 0 bridgehead atoms. The lowest BCUT2D eigenvalue weighted by atomic mass is 9.81. The van der Waals surface area contributed by atoms with Crippen molar-refractivity contribution in [3.05, 3.63) is 47.9 Å². The lowest BCUT2D eigenvalue weighted by Gasteiger charge is -2.51. The highest BCUT2D eigenvalue weighted by Crippen LogP contribution is 2.44. The molecule has 6 heteroatoms. The molecule has 27 heavy (non-hydrogen) atoms. The number of Topliss-reactive ketones (excluding diaryl/α,β-unsaturated/α-hetero) is 1. The number of likely N-dealkylation sites (N-methyl/N-ethyl adjacent to an activating group) is 1. The maximum Gasteiger partial charge on any atom is 0.252 e. The average Bonchev–Trinajstić information content (AvgIpc) is 2.72. The van der Waals surface area contributed by atoms with Gasteiger partial charge in [-0.05, 0) is 25.7 Å². The summed E-state index contributed by atoms with van der Waals surface area (Å²) in [7, 11) is 1.79. The van der Waals surface area contributed by atoms with Crippen molar-refractivity contribution < 1.29 is 9.59 Å². The first-order valence-electron chi connectivity index (χ1n) is 9.57. The van der Waals surface area contributed by atoms with Crippen LogP contribution in [0.3, 0.4) is 0 Å². The largest absolute Gasteiger partial charge is 0.340 e. The highest BCUT2D eigenvalue weighted by atomic mass is 16.2. The third-order valence-corrected chi connectivity index (χ3v) is 5.86. The van der Waals surface area contributed by atoms with Crippen molar-refractivity contribution in [2.75, 3.05) is 23.4 Å². The third-order valence-electron chi connectivity index (χ3n) is 5.86. The molecule has 1 fully saturated rings. The van der Waals surface area contributed by atoms with Crippen LogP contribution in [-0.4, -0.2) is 40.8 Å². The summed E-state index contributed by atoms with van der Waals surface area (Å²) in [6.07, 6.45) is 5.51. The van der Waals surface area contributed by atoms with Gasteiger partial charge in [0.25, 0.3) is 5.91 Å². The Labute approximate surface area is 159 Å². The number of carbonyl (C=O) groups excluding carboxylic acids is 2. The summed E-state index contributed by atoms with van der Waals surface area (Å²) in [5.74, 6) is 1.40. The number of benzene rings is 1. The van der Waals surface area contributed by atoms with Gasteiger partial charge in [-0.3, -0.25) is 9.59 Å². The standard InChI is InChI=1S/C21H24N4O2/c1-3-21-11-7-8-12-25(21)19-16(24(2)20(21)27)14-22-18(23-19)13-17(26)15-9-5-4-6-10-15/h4-6,9-10,14H,3,7-8,11-13H2,1-2H3. The molecule has 1 atom stereocenters. The zero-order valence-corrected chi connectivity index (χ0v) is 15.8. The van der Waals surface area contributed by atoms with Crippen molar-refractivity contribution in [1.82, 2.24) is 9.97 Å². The highest BCUT2D eigenvalue weighted by molar-refractivity contribution is 6.07. The zero-order chi connectivity index (χ0) is 19.0. The highest BCUT2D eigenvalue weighted by Gasteiger charge is 2.50. The van der Waals surface area contributed by atoms with Crippen molar-refractivity contribution in [2.24, 2.45) is 0 Å². The Morgan fingerprint density at radius 2 is 2.00 bits per heavy atom. The molecule has 0 spiro atoms. The fourth-order valence-electron chi connectivity index (χ4n) is 4.30. The Kier molecular flexibility index (Phi) is 4.42. The van der Waals surface area contributed by atoms with Gasteiger partial charge in [-0.15, -0.1) is 0 Å². The molecule has 1 amide bonds. The Balaban J connectivity index is 1.70. The van der Waals surface area contributed by atoms with Crippen LogP contribution in [0.25, 0.3) is 0 Å². The van der Waals surface area contributed by atoms with E-state index in [2.05, 4.69) is 16.8 Å². The van der Waals surface area contributed by atoms with Gasteiger partial charge in [0.1, 0.15) is 17.1 Å². The first-order chi connectivity index (χ1) is 13.1. The second-order valence-electron chi connectivity index (χ2n) is 7.32. The lowest BCUT2D eigenvalue weighted by molar-refractivity contribution is -0.124. The number of hydrogen-bond donors (Lipinski definition) is 0. The third kappa shape index (κ3) is 2.80. The van der Waals surface area contributed by atoms with Crippen LogP contribution in [0.4, 0.5) is 11.5 Å². The van der Waals surface area contributed by atoms with Crippen LogP contribution >= 0.6 is 0 Å². The van der Waals surface area contributed by atoms with Crippen molar-refractivity contribution in [2.45, 2.75) is 44.6 Å². The van der Waals surface area contributed by atoms with Crippen molar-refractivity contribution in [3.8, 4) is 0 Å². The van der Waals surface area contributed by atoms with Crippen molar-refractivity contribution in [1.29, 1.82) is 0 Å². The van der Waals surface area contributed by atoms with E-state index in [4.69, 9.17) is 4.98 Å². The summed E-state index contributed by atoms with van der Waals surface area (Å²) in [5.41, 5.74) is 0.864. The molecule has 0 N–H and O–H groups in total. The summed E-state index contributed by atoms with van der Waals surface area (Å²) < 4.78 is 0. The molecule has 1 saturated heterocycles. The number of anilines is 2. The predicted molar refractivity (Wildman–Crippen MR) is 104 cm³/mol. The smallest absolute Gasteiger partial charge is 0.252 e. The first-order valence-corrected chi connectivity index (χ1v) is 9.57. The Bertz CT molecular complexity index is 883. The minimum absolute atomic E-state index is 0.00353. The number of aromatic nitrogens is 2. The number of ketones is 1. The number of carbonyl (C=O) groups is 2. The van der Waals surface area contributed by atoms with E-state index in [-0.39, 0.29) is 18.1 Å².